The molecular formula is C12H25ClN2O2. The van der Waals surface area contributed by atoms with Gasteiger partial charge < -0.3 is 15.4 Å². The maximum Gasteiger partial charge on any atom is 0.246 e. The highest BCUT2D eigenvalue weighted by Gasteiger charge is 2.26. The zero-order valence-corrected chi connectivity index (χ0v) is 11.9. The third kappa shape index (κ3) is 6.86. The van der Waals surface area contributed by atoms with E-state index in [2.05, 4.69) is 17.6 Å². The quantitative estimate of drug-likeness (QED) is 0.788. The lowest BCUT2D eigenvalue weighted by molar-refractivity contribution is -0.127. The van der Waals surface area contributed by atoms with E-state index in [1.54, 1.807) is 0 Å². The van der Waals surface area contributed by atoms with Crippen molar-refractivity contribution in [3.63, 3.8) is 0 Å². The molecule has 1 heterocycles. The summed E-state index contributed by atoms with van der Waals surface area (Å²) in [5.41, 5.74) is 0.249. The molecule has 0 aromatic heterocycles. The molecule has 1 aliphatic heterocycles. The fraction of sp³-hybridized carbons (Fsp3) is 0.917. The number of carbonyl (C=O) groups is 1. The van der Waals surface area contributed by atoms with Gasteiger partial charge in [0.1, 0.15) is 6.61 Å². The van der Waals surface area contributed by atoms with Crippen LogP contribution in [0.15, 0.2) is 0 Å². The second-order valence-electron chi connectivity index (χ2n) is 5.20. The van der Waals surface area contributed by atoms with Crippen LogP contribution in [0.2, 0.25) is 0 Å². The van der Waals surface area contributed by atoms with E-state index in [4.69, 9.17) is 4.74 Å². The van der Waals surface area contributed by atoms with Gasteiger partial charge >= 0.3 is 0 Å². The van der Waals surface area contributed by atoms with Gasteiger partial charge in [-0.1, -0.05) is 6.92 Å². The molecule has 0 saturated carbocycles. The summed E-state index contributed by atoms with van der Waals surface area (Å²) >= 11 is 0. The third-order valence-corrected chi connectivity index (χ3v) is 3.07. The Kier molecular flexibility index (Phi) is 7.75. The van der Waals surface area contributed by atoms with Crippen LogP contribution in [-0.2, 0) is 9.53 Å². The summed E-state index contributed by atoms with van der Waals surface area (Å²) in [6.45, 7) is 9.13. The van der Waals surface area contributed by atoms with Crippen molar-refractivity contribution in [2.24, 2.45) is 5.41 Å². The predicted molar refractivity (Wildman–Crippen MR) is 71.6 cm³/mol. The van der Waals surface area contributed by atoms with E-state index in [9.17, 15) is 4.79 Å². The summed E-state index contributed by atoms with van der Waals surface area (Å²) in [6.07, 6.45) is 2.36. The Balaban J connectivity index is 0.00000256. The smallest absolute Gasteiger partial charge is 0.246 e. The monoisotopic (exact) mass is 264 g/mol. The molecule has 0 aliphatic carbocycles. The van der Waals surface area contributed by atoms with Gasteiger partial charge in [0.05, 0.1) is 6.10 Å². The molecule has 0 spiro atoms. The highest BCUT2D eigenvalue weighted by molar-refractivity contribution is 5.85. The average molecular weight is 265 g/mol. The van der Waals surface area contributed by atoms with Crippen molar-refractivity contribution in [2.45, 2.75) is 39.7 Å². The maximum absolute atomic E-state index is 11.5. The maximum atomic E-state index is 11.5. The van der Waals surface area contributed by atoms with Crippen LogP contribution in [0.4, 0.5) is 0 Å². The summed E-state index contributed by atoms with van der Waals surface area (Å²) in [6, 6.07) is 0. The molecular weight excluding hydrogens is 240 g/mol. The van der Waals surface area contributed by atoms with Gasteiger partial charge in [0.15, 0.2) is 0 Å². The molecule has 4 nitrogen and oxygen atoms in total. The molecule has 0 aromatic rings. The number of amides is 1. The van der Waals surface area contributed by atoms with Crippen molar-refractivity contribution >= 4 is 18.3 Å². The summed E-state index contributed by atoms with van der Waals surface area (Å²) in [5.74, 6) is -0.00606. The van der Waals surface area contributed by atoms with Gasteiger partial charge in [-0.2, -0.15) is 0 Å². The van der Waals surface area contributed by atoms with E-state index in [0.29, 0.717) is 0 Å². The number of ether oxygens (including phenoxy) is 1. The summed E-state index contributed by atoms with van der Waals surface area (Å²) in [7, 11) is 0. The first-order valence-corrected chi connectivity index (χ1v) is 6.11. The minimum absolute atomic E-state index is 0. The lowest BCUT2D eigenvalue weighted by atomic mass is 9.81. The number of nitrogens with one attached hydrogen (secondary N) is 2. The first kappa shape index (κ1) is 16.7. The Bertz CT molecular complexity index is 229. The number of piperidine rings is 1. The van der Waals surface area contributed by atoms with E-state index < -0.39 is 0 Å². The minimum atomic E-state index is -0.00606. The van der Waals surface area contributed by atoms with Crippen molar-refractivity contribution < 1.29 is 9.53 Å². The first-order valence-electron chi connectivity index (χ1n) is 6.11. The zero-order valence-electron chi connectivity index (χ0n) is 11.0. The van der Waals surface area contributed by atoms with E-state index in [0.717, 1.165) is 32.5 Å². The van der Waals surface area contributed by atoms with Crippen LogP contribution in [0.1, 0.15) is 33.6 Å². The van der Waals surface area contributed by atoms with Crippen LogP contribution < -0.4 is 10.6 Å². The average Bonchev–Trinajstić information content (AvgIpc) is 2.25. The number of carbonyl (C=O) groups excluding carboxylic acids is 1. The second kappa shape index (κ2) is 7.90. The highest BCUT2D eigenvalue weighted by Crippen LogP contribution is 2.26. The molecule has 2 N–H and O–H groups in total. The molecule has 0 radical (unpaired) electrons. The Morgan fingerprint density at radius 3 is 2.53 bits per heavy atom. The second-order valence-corrected chi connectivity index (χ2v) is 5.20. The standard InChI is InChI=1S/C12H24N2O2.ClH/c1-10(2)16-8-11(15)14-9-12(3)4-6-13-7-5-12;/h10,13H,4-9H2,1-3H3,(H,14,15);1H. The van der Waals surface area contributed by atoms with Gasteiger partial charge in [0, 0.05) is 6.54 Å². The van der Waals surface area contributed by atoms with E-state index in [-0.39, 0.29) is 36.4 Å². The van der Waals surface area contributed by atoms with Crippen molar-refractivity contribution in [2.75, 3.05) is 26.2 Å². The number of rotatable bonds is 5. The van der Waals surface area contributed by atoms with Gasteiger partial charge in [0.2, 0.25) is 5.91 Å². The molecule has 1 aliphatic rings. The molecule has 1 saturated heterocycles. The van der Waals surface area contributed by atoms with Crippen molar-refractivity contribution in [3.05, 3.63) is 0 Å². The lowest BCUT2D eigenvalue weighted by Gasteiger charge is -2.34. The molecule has 1 fully saturated rings. The Labute approximate surface area is 110 Å². The molecule has 5 heteroatoms. The molecule has 0 bridgehead atoms. The Hall–Kier alpha value is -0.320. The highest BCUT2D eigenvalue weighted by atomic mass is 35.5. The summed E-state index contributed by atoms with van der Waals surface area (Å²) < 4.78 is 5.25. The van der Waals surface area contributed by atoms with Gasteiger partial charge in [0.25, 0.3) is 0 Å². The van der Waals surface area contributed by atoms with Crippen LogP contribution in [0, 0.1) is 5.41 Å². The first-order chi connectivity index (χ1) is 7.52. The molecule has 0 aromatic carbocycles. The van der Waals surface area contributed by atoms with Gasteiger partial charge in [-0.25, -0.2) is 0 Å². The topological polar surface area (TPSA) is 50.4 Å². The molecule has 1 rings (SSSR count). The van der Waals surface area contributed by atoms with Crippen molar-refractivity contribution in [3.8, 4) is 0 Å². The van der Waals surface area contributed by atoms with Crippen LogP contribution >= 0.6 is 12.4 Å². The summed E-state index contributed by atoms with van der Waals surface area (Å²) in [5, 5.41) is 6.29. The zero-order chi connectivity index (χ0) is 12.0. The van der Waals surface area contributed by atoms with Crippen molar-refractivity contribution in [1.82, 2.24) is 10.6 Å². The summed E-state index contributed by atoms with van der Waals surface area (Å²) in [4.78, 5) is 11.5. The van der Waals surface area contributed by atoms with E-state index in [1.165, 1.54) is 0 Å². The largest absolute Gasteiger partial charge is 0.369 e. The fourth-order valence-electron chi connectivity index (χ4n) is 1.81. The van der Waals surface area contributed by atoms with Gasteiger partial charge in [-0.05, 0) is 45.2 Å². The minimum Gasteiger partial charge on any atom is -0.369 e. The number of halogens is 1. The van der Waals surface area contributed by atoms with Crippen molar-refractivity contribution in [1.29, 1.82) is 0 Å². The molecule has 0 unspecified atom stereocenters. The predicted octanol–water partition coefficient (Wildman–Crippen LogP) is 1.34. The van der Waals surface area contributed by atoms with Gasteiger partial charge in [-0.3, -0.25) is 4.79 Å². The molecule has 0 atom stereocenters. The van der Waals surface area contributed by atoms with E-state index >= 15 is 0 Å². The lowest BCUT2D eigenvalue weighted by Crippen LogP contribution is -2.43. The van der Waals surface area contributed by atoms with E-state index in [1.807, 2.05) is 13.8 Å². The van der Waals surface area contributed by atoms with Gasteiger partial charge in [-0.15, -0.1) is 12.4 Å². The normalized spacial score (nSPS) is 18.6. The van der Waals surface area contributed by atoms with Crippen LogP contribution in [0.25, 0.3) is 0 Å². The number of hydrogen-bond donors (Lipinski definition) is 2. The van der Waals surface area contributed by atoms with Crippen LogP contribution in [0.3, 0.4) is 0 Å². The Morgan fingerprint density at radius 2 is 2.00 bits per heavy atom. The third-order valence-electron chi connectivity index (χ3n) is 3.07. The molecule has 1 amide bonds. The van der Waals surface area contributed by atoms with Crippen LogP contribution in [-0.4, -0.2) is 38.3 Å². The van der Waals surface area contributed by atoms with Crippen LogP contribution in [0.5, 0.6) is 0 Å². The Morgan fingerprint density at radius 1 is 1.41 bits per heavy atom. The molecule has 102 valence electrons. The molecule has 17 heavy (non-hydrogen) atoms. The number of hydrogen-bond acceptors (Lipinski definition) is 3. The fourth-order valence-corrected chi connectivity index (χ4v) is 1.81. The SMILES string of the molecule is CC(C)OCC(=O)NCC1(C)CCNCC1.Cl.